The third kappa shape index (κ3) is 5.03. The van der Waals surface area contributed by atoms with Gasteiger partial charge in [0.1, 0.15) is 0 Å². The van der Waals surface area contributed by atoms with Crippen LogP contribution in [-0.2, 0) is 11.2 Å². The molecular weight excluding hydrogens is 220 g/mol. The van der Waals surface area contributed by atoms with Gasteiger partial charge in [-0.15, -0.1) is 0 Å². The minimum Gasteiger partial charge on any atom is -0.481 e. The summed E-state index contributed by atoms with van der Waals surface area (Å²) in [6.07, 6.45) is 5.88. The second-order valence-corrected chi connectivity index (χ2v) is 4.00. The summed E-state index contributed by atoms with van der Waals surface area (Å²) in [5.41, 5.74) is 2.20. The van der Waals surface area contributed by atoms with Crippen molar-refractivity contribution in [1.82, 2.24) is 0 Å². The summed E-state index contributed by atoms with van der Waals surface area (Å²) in [6, 6.07) is 7.96. The van der Waals surface area contributed by atoms with Crippen molar-refractivity contribution in [3.05, 3.63) is 41.5 Å². The highest BCUT2D eigenvalue weighted by Gasteiger charge is 1.98. The van der Waals surface area contributed by atoms with E-state index in [1.54, 1.807) is 0 Å². The lowest BCUT2D eigenvalue weighted by molar-refractivity contribution is -0.136. The van der Waals surface area contributed by atoms with Crippen molar-refractivity contribution >= 4 is 24.7 Å². The van der Waals surface area contributed by atoms with Crippen LogP contribution >= 0.6 is 12.6 Å². The molecule has 0 aromatic heterocycles. The molecule has 0 fully saturated rings. The van der Waals surface area contributed by atoms with E-state index in [4.69, 9.17) is 5.11 Å². The van der Waals surface area contributed by atoms with Crippen LogP contribution in [0.3, 0.4) is 0 Å². The zero-order valence-electron chi connectivity index (χ0n) is 9.10. The maximum atomic E-state index is 10.4. The Morgan fingerprint density at radius 1 is 1.31 bits per heavy atom. The monoisotopic (exact) mass is 236 g/mol. The molecule has 1 aromatic rings. The lowest BCUT2D eigenvalue weighted by Gasteiger charge is -1.99. The van der Waals surface area contributed by atoms with Crippen molar-refractivity contribution in [2.75, 3.05) is 5.75 Å². The second kappa shape index (κ2) is 7.12. The fraction of sp³-hybridized carbons (Fsp3) is 0.308. The zero-order valence-corrected chi connectivity index (χ0v) is 9.99. The molecule has 0 aliphatic rings. The van der Waals surface area contributed by atoms with Gasteiger partial charge in [-0.05, 0) is 29.7 Å². The van der Waals surface area contributed by atoms with E-state index in [1.165, 1.54) is 0 Å². The lowest BCUT2D eigenvalue weighted by Crippen LogP contribution is -1.97. The Morgan fingerprint density at radius 2 is 2.00 bits per heavy atom. The third-order valence-corrected chi connectivity index (χ3v) is 2.47. The van der Waals surface area contributed by atoms with Crippen molar-refractivity contribution in [1.29, 1.82) is 0 Å². The van der Waals surface area contributed by atoms with Crippen LogP contribution in [0.2, 0.25) is 0 Å². The Morgan fingerprint density at radius 3 is 2.56 bits per heavy atom. The SMILES string of the molecule is O=C(O)CCc1ccc(C=CCCS)cc1. The third-order valence-electron chi connectivity index (χ3n) is 2.21. The lowest BCUT2D eigenvalue weighted by atomic mass is 10.1. The molecule has 3 heteroatoms. The van der Waals surface area contributed by atoms with E-state index in [0.29, 0.717) is 6.42 Å². The summed E-state index contributed by atoms with van der Waals surface area (Å²) in [5, 5.41) is 8.55. The number of carbonyl (C=O) groups is 1. The molecule has 0 heterocycles. The molecule has 0 saturated carbocycles. The highest BCUT2D eigenvalue weighted by molar-refractivity contribution is 7.80. The minimum absolute atomic E-state index is 0.189. The van der Waals surface area contributed by atoms with Gasteiger partial charge in [0.25, 0.3) is 0 Å². The van der Waals surface area contributed by atoms with Gasteiger partial charge in [0.2, 0.25) is 0 Å². The van der Waals surface area contributed by atoms with Crippen molar-refractivity contribution in [3.63, 3.8) is 0 Å². The van der Waals surface area contributed by atoms with Crippen LogP contribution in [0.25, 0.3) is 6.08 Å². The van der Waals surface area contributed by atoms with E-state index < -0.39 is 5.97 Å². The van der Waals surface area contributed by atoms with Gasteiger partial charge in [-0.25, -0.2) is 0 Å². The Bertz CT molecular complexity index is 355. The number of rotatable bonds is 6. The molecule has 0 bridgehead atoms. The summed E-state index contributed by atoms with van der Waals surface area (Å²) in [7, 11) is 0. The van der Waals surface area contributed by atoms with Crippen molar-refractivity contribution in [3.8, 4) is 0 Å². The molecule has 1 N–H and O–H groups in total. The first-order chi connectivity index (χ1) is 7.72. The van der Waals surface area contributed by atoms with Crippen molar-refractivity contribution in [2.24, 2.45) is 0 Å². The molecule has 86 valence electrons. The average Bonchev–Trinajstić information content (AvgIpc) is 2.28. The van der Waals surface area contributed by atoms with E-state index in [9.17, 15) is 4.79 Å². The minimum atomic E-state index is -0.752. The predicted octanol–water partition coefficient (Wildman–Crippen LogP) is 3.04. The highest BCUT2D eigenvalue weighted by Crippen LogP contribution is 2.08. The molecule has 0 aliphatic carbocycles. The largest absolute Gasteiger partial charge is 0.481 e. The van der Waals surface area contributed by atoms with Crippen LogP contribution in [-0.4, -0.2) is 16.8 Å². The number of hydrogen-bond donors (Lipinski definition) is 2. The number of hydrogen-bond acceptors (Lipinski definition) is 2. The smallest absolute Gasteiger partial charge is 0.303 e. The normalized spacial score (nSPS) is 10.8. The Kier molecular flexibility index (Phi) is 5.72. The number of aryl methyl sites for hydroxylation is 1. The van der Waals surface area contributed by atoms with E-state index in [0.717, 1.165) is 23.3 Å². The van der Waals surface area contributed by atoms with Gasteiger partial charge in [-0.2, -0.15) is 12.6 Å². The molecule has 0 radical (unpaired) electrons. The summed E-state index contributed by atoms with van der Waals surface area (Å²) in [5.74, 6) is 0.102. The number of allylic oxidation sites excluding steroid dienone is 1. The Hall–Kier alpha value is -1.22. The van der Waals surface area contributed by atoms with E-state index in [2.05, 4.69) is 24.8 Å². The molecule has 0 saturated heterocycles. The van der Waals surface area contributed by atoms with Gasteiger partial charge in [0, 0.05) is 6.42 Å². The quantitative estimate of drug-likeness (QED) is 0.745. The molecule has 1 rings (SSSR count). The molecule has 0 aliphatic heterocycles. The van der Waals surface area contributed by atoms with E-state index in [-0.39, 0.29) is 6.42 Å². The van der Waals surface area contributed by atoms with E-state index in [1.807, 2.05) is 24.3 Å². The molecule has 0 spiro atoms. The maximum Gasteiger partial charge on any atom is 0.303 e. The van der Waals surface area contributed by atoms with Gasteiger partial charge in [0.15, 0.2) is 0 Å². The van der Waals surface area contributed by atoms with Gasteiger partial charge in [-0.3, -0.25) is 4.79 Å². The summed E-state index contributed by atoms with van der Waals surface area (Å²) in [6.45, 7) is 0. The predicted molar refractivity (Wildman–Crippen MR) is 69.9 cm³/mol. The fourth-order valence-corrected chi connectivity index (χ4v) is 1.49. The average molecular weight is 236 g/mol. The van der Waals surface area contributed by atoms with Gasteiger partial charge in [-0.1, -0.05) is 36.4 Å². The summed E-state index contributed by atoms with van der Waals surface area (Å²) < 4.78 is 0. The highest BCUT2D eigenvalue weighted by atomic mass is 32.1. The molecule has 2 nitrogen and oxygen atoms in total. The molecule has 1 aromatic carbocycles. The molecule has 0 atom stereocenters. The first kappa shape index (κ1) is 12.8. The van der Waals surface area contributed by atoms with Crippen molar-refractivity contribution < 1.29 is 9.90 Å². The van der Waals surface area contributed by atoms with Gasteiger partial charge >= 0.3 is 5.97 Å². The molecular formula is C13H16O2S. The van der Waals surface area contributed by atoms with Gasteiger partial charge in [0.05, 0.1) is 0 Å². The maximum absolute atomic E-state index is 10.4. The Balaban J connectivity index is 2.50. The van der Waals surface area contributed by atoms with Crippen LogP contribution in [0.15, 0.2) is 30.3 Å². The molecule has 16 heavy (non-hydrogen) atoms. The molecule has 0 amide bonds. The van der Waals surface area contributed by atoms with Crippen LogP contribution in [0.4, 0.5) is 0 Å². The summed E-state index contributed by atoms with van der Waals surface area (Å²) in [4.78, 5) is 10.4. The molecule has 0 unspecified atom stereocenters. The first-order valence-corrected chi connectivity index (χ1v) is 5.94. The topological polar surface area (TPSA) is 37.3 Å². The van der Waals surface area contributed by atoms with E-state index >= 15 is 0 Å². The Labute approximate surface area is 101 Å². The number of thiol groups is 1. The standard InChI is InChI=1S/C13H16O2S/c14-13(15)9-8-12-6-4-11(5-7-12)3-1-2-10-16/h1,3-7,16H,2,8-10H2,(H,14,15). The number of benzene rings is 1. The fourth-order valence-electron chi connectivity index (χ4n) is 1.34. The van der Waals surface area contributed by atoms with Crippen LogP contribution in [0.5, 0.6) is 0 Å². The van der Waals surface area contributed by atoms with Crippen molar-refractivity contribution in [2.45, 2.75) is 19.3 Å². The first-order valence-electron chi connectivity index (χ1n) is 5.30. The number of carboxylic acid groups (broad SMARTS) is 1. The van der Waals surface area contributed by atoms with Crippen LogP contribution in [0, 0.1) is 0 Å². The summed E-state index contributed by atoms with van der Waals surface area (Å²) >= 11 is 4.12. The van der Waals surface area contributed by atoms with Crippen LogP contribution < -0.4 is 0 Å². The number of aliphatic carboxylic acids is 1. The van der Waals surface area contributed by atoms with Gasteiger partial charge < -0.3 is 5.11 Å². The van der Waals surface area contributed by atoms with Crippen LogP contribution in [0.1, 0.15) is 24.0 Å². The number of carboxylic acids is 1. The second-order valence-electron chi connectivity index (χ2n) is 3.55. The zero-order chi connectivity index (χ0) is 11.8.